The third kappa shape index (κ3) is 4.31. The lowest BCUT2D eigenvalue weighted by Gasteiger charge is -2.12. The van der Waals surface area contributed by atoms with Crippen molar-refractivity contribution < 1.29 is 20.3 Å². The van der Waals surface area contributed by atoms with Crippen LogP contribution in [0.4, 0.5) is 0 Å². The van der Waals surface area contributed by atoms with Crippen LogP contribution in [-0.4, -0.2) is 44.8 Å². The number of aromatic hydroxyl groups is 2. The molecule has 0 amide bonds. The van der Waals surface area contributed by atoms with Crippen LogP contribution in [0.2, 0.25) is 0 Å². The fourth-order valence-corrected chi connectivity index (χ4v) is 3.25. The maximum atomic E-state index is 12.2. The second-order valence-corrected chi connectivity index (χ2v) is 7.44. The van der Waals surface area contributed by atoms with Gasteiger partial charge in [-0.2, -0.15) is 0 Å². The van der Waals surface area contributed by atoms with Crippen LogP contribution in [0, 0.1) is 13.8 Å². The number of pyridine rings is 2. The molecule has 178 valence electrons. The molecule has 0 fully saturated rings. The third-order valence-corrected chi connectivity index (χ3v) is 5.22. The summed E-state index contributed by atoms with van der Waals surface area (Å²) in [6, 6.07) is 9.49. The molecule has 0 aliphatic carbocycles. The fraction of sp³-hybridized carbons (Fsp3) is 0.130. The standard InChI is InChI=1S/C15H13N3O3.C8H7N3O3/c1-10-13(19)12-7-16-9-17-14(12)18(15(10)20)21-8-11-5-3-2-4-6-11;1-4-6(12)5-2-9-3-10-7(5)11(14)8(4)13/h2-7,9,19H,8H2,1H3;2-3,12,14H,1H3. The molecule has 0 aliphatic rings. The summed E-state index contributed by atoms with van der Waals surface area (Å²) in [4.78, 5) is 44.4. The molecule has 5 aromatic rings. The number of benzene rings is 1. The van der Waals surface area contributed by atoms with Crippen molar-refractivity contribution in [2.45, 2.75) is 20.5 Å². The summed E-state index contributed by atoms with van der Waals surface area (Å²) in [5, 5.41) is 29.5. The SMILES string of the molecule is Cc1c(O)c2cncnc2n(O)c1=O.Cc1c(O)c2cncnc2n(OCc2ccccc2)c1=O. The van der Waals surface area contributed by atoms with Crippen LogP contribution in [0.25, 0.3) is 22.1 Å². The van der Waals surface area contributed by atoms with Gasteiger partial charge in [0, 0.05) is 12.4 Å². The van der Waals surface area contributed by atoms with Gasteiger partial charge in [0.25, 0.3) is 11.1 Å². The van der Waals surface area contributed by atoms with Crippen molar-refractivity contribution in [3.63, 3.8) is 0 Å². The largest absolute Gasteiger partial charge is 0.507 e. The van der Waals surface area contributed by atoms with E-state index in [4.69, 9.17) is 4.84 Å². The lowest BCUT2D eigenvalue weighted by molar-refractivity contribution is 0.0971. The maximum Gasteiger partial charge on any atom is 0.291 e. The van der Waals surface area contributed by atoms with Gasteiger partial charge in [-0.1, -0.05) is 30.3 Å². The van der Waals surface area contributed by atoms with Crippen LogP contribution >= 0.6 is 0 Å². The van der Waals surface area contributed by atoms with Gasteiger partial charge in [0.2, 0.25) is 0 Å². The molecule has 4 heterocycles. The molecule has 0 unspecified atom stereocenters. The highest BCUT2D eigenvalue weighted by molar-refractivity contribution is 5.82. The van der Waals surface area contributed by atoms with Gasteiger partial charge in [-0.05, 0) is 19.4 Å². The van der Waals surface area contributed by atoms with Crippen LogP contribution in [0.1, 0.15) is 16.7 Å². The number of aromatic nitrogens is 6. The maximum absolute atomic E-state index is 12.2. The number of nitrogens with zero attached hydrogens (tertiary/aromatic N) is 6. The van der Waals surface area contributed by atoms with E-state index in [1.807, 2.05) is 30.3 Å². The smallest absolute Gasteiger partial charge is 0.291 e. The number of hydrogen-bond donors (Lipinski definition) is 3. The average Bonchev–Trinajstić information content (AvgIpc) is 2.90. The zero-order valence-electron chi connectivity index (χ0n) is 18.7. The molecule has 35 heavy (non-hydrogen) atoms. The van der Waals surface area contributed by atoms with Gasteiger partial charge >= 0.3 is 0 Å². The topological polar surface area (TPSA) is 165 Å². The minimum absolute atomic E-state index is 0.00639. The molecule has 0 saturated carbocycles. The Hall–Kier alpha value is -5.00. The monoisotopic (exact) mass is 476 g/mol. The number of rotatable bonds is 3. The lowest BCUT2D eigenvalue weighted by atomic mass is 10.2. The van der Waals surface area contributed by atoms with Gasteiger partial charge in [-0.25, -0.2) is 19.9 Å². The predicted octanol–water partition coefficient (Wildman–Crippen LogP) is 1.48. The van der Waals surface area contributed by atoms with E-state index in [-0.39, 0.29) is 45.9 Å². The van der Waals surface area contributed by atoms with Crippen LogP contribution in [0.15, 0.2) is 65.0 Å². The van der Waals surface area contributed by atoms with Gasteiger partial charge in [0.1, 0.15) is 30.8 Å². The molecule has 5 rings (SSSR count). The van der Waals surface area contributed by atoms with E-state index in [1.165, 1.54) is 38.9 Å². The van der Waals surface area contributed by atoms with E-state index in [0.29, 0.717) is 10.1 Å². The van der Waals surface area contributed by atoms with Crippen LogP contribution in [-0.2, 0) is 6.61 Å². The van der Waals surface area contributed by atoms with Crippen LogP contribution in [0.3, 0.4) is 0 Å². The van der Waals surface area contributed by atoms with Crippen LogP contribution < -0.4 is 16.0 Å². The van der Waals surface area contributed by atoms with Gasteiger partial charge in [0.15, 0.2) is 11.3 Å². The summed E-state index contributed by atoms with van der Waals surface area (Å²) in [5.74, 6) is -0.314. The highest BCUT2D eigenvalue weighted by Gasteiger charge is 2.15. The van der Waals surface area contributed by atoms with Crippen molar-refractivity contribution >= 4 is 22.1 Å². The first-order chi connectivity index (χ1) is 16.8. The molecule has 12 heteroatoms. The molecule has 0 aliphatic heterocycles. The van der Waals surface area contributed by atoms with Crippen molar-refractivity contribution in [3.05, 3.63) is 92.8 Å². The van der Waals surface area contributed by atoms with Gasteiger partial charge < -0.3 is 20.3 Å². The van der Waals surface area contributed by atoms with Crippen molar-refractivity contribution in [2.75, 3.05) is 0 Å². The molecule has 0 saturated heterocycles. The third-order valence-electron chi connectivity index (χ3n) is 5.22. The van der Waals surface area contributed by atoms with E-state index < -0.39 is 11.1 Å². The van der Waals surface area contributed by atoms with E-state index in [9.17, 15) is 25.0 Å². The Kier molecular flexibility index (Phi) is 6.27. The van der Waals surface area contributed by atoms with Gasteiger partial charge in [-0.3, -0.25) is 9.59 Å². The molecule has 12 nitrogen and oxygen atoms in total. The molecule has 0 spiro atoms. The highest BCUT2D eigenvalue weighted by Crippen LogP contribution is 2.23. The molecular formula is C23H20N6O6. The first-order valence-corrected chi connectivity index (χ1v) is 10.3. The summed E-state index contributed by atoms with van der Waals surface area (Å²) in [5.41, 5.74) is 0.308. The molecule has 4 aromatic heterocycles. The van der Waals surface area contributed by atoms with Gasteiger partial charge in [0.05, 0.1) is 21.9 Å². The predicted molar refractivity (Wildman–Crippen MR) is 124 cm³/mol. The Morgan fingerprint density at radius 2 is 1.37 bits per heavy atom. The number of fused-ring (bicyclic) bond motifs is 2. The summed E-state index contributed by atoms with van der Waals surface area (Å²) >= 11 is 0. The normalized spacial score (nSPS) is 10.7. The Labute approximate surface area is 196 Å². The van der Waals surface area contributed by atoms with E-state index in [1.54, 1.807) is 0 Å². The summed E-state index contributed by atoms with van der Waals surface area (Å²) < 4.78 is 1.49. The molecule has 0 atom stereocenters. The molecule has 0 bridgehead atoms. The van der Waals surface area contributed by atoms with Crippen LogP contribution in [0.5, 0.6) is 11.5 Å². The quantitative estimate of drug-likeness (QED) is 0.325. The highest BCUT2D eigenvalue weighted by atomic mass is 16.7. The van der Waals surface area contributed by atoms with E-state index in [2.05, 4.69) is 19.9 Å². The minimum atomic E-state index is -0.686. The van der Waals surface area contributed by atoms with Crippen molar-refractivity contribution in [1.29, 1.82) is 0 Å². The average molecular weight is 476 g/mol. The first-order valence-electron chi connectivity index (χ1n) is 10.3. The van der Waals surface area contributed by atoms with Gasteiger partial charge in [-0.15, -0.1) is 9.46 Å². The van der Waals surface area contributed by atoms with E-state index in [0.717, 1.165) is 10.3 Å². The Morgan fingerprint density at radius 3 is 2.00 bits per heavy atom. The summed E-state index contributed by atoms with van der Waals surface area (Å²) in [7, 11) is 0. The summed E-state index contributed by atoms with van der Waals surface area (Å²) in [6.07, 6.45) is 5.27. The zero-order chi connectivity index (χ0) is 25.1. The van der Waals surface area contributed by atoms with Crippen molar-refractivity contribution in [2.24, 2.45) is 0 Å². The zero-order valence-corrected chi connectivity index (χ0v) is 18.7. The van der Waals surface area contributed by atoms with E-state index >= 15 is 0 Å². The van der Waals surface area contributed by atoms with Crippen molar-refractivity contribution in [3.8, 4) is 11.5 Å². The molecule has 1 aromatic carbocycles. The Balaban J connectivity index is 0.000000179. The Morgan fingerprint density at radius 1 is 0.829 bits per heavy atom. The summed E-state index contributed by atoms with van der Waals surface area (Å²) in [6.45, 7) is 3.17. The second-order valence-electron chi connectivity index (χ2n) is 7.44. The second kappa shape index (κ2) is 9.47. The Bertz CT molecular complexity index is 1650. The molecule has 3 N–H and O–H groups in total. The molecule has 0 radical (unpaired) electrons. The lowest BCUT2D eigenvalue weighted by Crippen LogP contribution is -2.29. The first kappa shape index (κ1) is 23.2. The minimum Gasteiger partial charge on any atom is -0.507 e. The molecular weight excluding hydrogens is 456 g/mol. The number of hydrogen-bond acceptors (Lipinski definition) is 10. The van der Waals surface area contributed by atoms with Crippen molar-refractivity contribution in [1.82, 2.24) is 29.4 Å². The fourth-order valence-electron chi connectivity index (χ4n) is 3.25.